The Morgan fingerprint density at radius 1 is 1.39 bits per heavy atom. The van der Waals surface area contributed by atoms with E-state index in [2.05, 4.69) is 0 Å². The molecule has 0 aliphatic rings. The second kappa shape index (κ2) is 5.42. The molecule has 1 aromatic heterocycles. The number of hydrogen-bond donors (Lipinski definition) is 1. The number of rotatable bonds is 4. The molecule has 0 spiro atoms. The van der Waals surface area contributed by atoms with E-state index < -0.39 is 11.9 Å². The van der Waals surface area contributed by atoms with Crippen molar-refractivity contribution in [2.24, 2.45) is 5.73 Å². The van der Waals surface area contributed by atoms with Crippen LogP contribution in [0.2, 0.25) is 5.02 Å². The van der Waals surface area contributed by atoms with Crippen molar-refractivity contribution in [1.82, 2.24) is 0 Å². The predicted octanol–water partition coefficient (Wildman–Crippen LogP) is 3.46. The Kier molecular flexibility index (Phi) is 3.89. The molecule has 0 aliphatic carbocycles. The van der Waals surface area contributed by atoms with Gasteiger partial charge in [-0.15, -0.1) is 0 Å². The van der Waals surface area contributed by atoms with Gasteiger partial charge < -0.3 is 14.9 Å². The van der Waals surface area contributed by atoms with Crippen molar-refractivity contribution in [1.29, 1.82) is 0 Å². The standard InChI is InChI=1S/C13H13ClFNO2/c1-8-2-5-12(17-8)13(7-16)18-9-3-4-11(15)10(14)6-9/h2-6,13H,7,16H2,1H3. The third-order valence-corrected chi connectivity index (χ3v) is 2.75. The summed E-state index contributed by atoms with van der Waals surface area (Å²) in [6, 6.07) is 7.80. The van der Waals surface area contributed by atoms with Crippen LogP contribution in [0, 0.1) is 12.7 Å². The molecule has 2 rings (SSSR count). The quantitative estimate of drug-likeness (QED) is 0.925. The van der Waals surface area contributed by atoms with E-state index in [1.807, 2.05) is 13.0 Å². The Hall–Kier alpha value is -1.52. The van der Waals surface area contributed by atoms with Gasteiger partial charge in [0.15, 0.2) is 6.10 Å². The topological polar surface area (TPSA) is 48.4 Å². The number of nitrogens with two attached hydrogens (primary N) is 1. The van der Waals surface area contributed by atoms with Gasteiger partial charge in [-0.3, -0.25) is 0 Å². The monoisotopic (exact) mass is 269 g/mol. The van der Waals surface area contributed by atoms with Gasteiger partial charge >= 0.3 is 0 Å². The van der Waals surface area contributed by atoms with Crippen molar-refractivity contribution < 1.29 is 13.5 Å². The van der Waals surface area contributed by atoms with Crippen LogP contribution in [-0.4, -0.2) is 6.54 Å². The molecule has 1 atom stereocenters. The fourth-order valence-corrected chi connectivity index (χ4v) is 1.73. The van der Waals surface area contributed by atoms with Crippen molar-refractivity contribution in [3.05, 3.63) is 52.7 Å². The fraction of sp³-hybridized carbons (Fsp3) is 0.231. The van der Waals surface area contributed by atoms with Gasteiger partial charge in [0.2, 0.25) is 0 Å². The van der Waals surface area contributed by atoms with Crippen LogP contribution in [0.15, 0.2) is 34.7 Å². The summed E-state index contributed by atoms with van der Waals surface area (Å²) in [5.74, 6) is 1.38. The van der Waals surface area contributed by atoms with Gasteiger partial charge in [0.1, 0.15) is 23.1 Å². The average Bonchev–Trinajstić information content (AvgIpc) is 2.77. The third-order valence-electron chi connectivity index (χ3n) is 2.46. The van der Waals surface area contributed by atoms with E-state index in [1.54, 1.807) is 6.07 Å². The summed E-state index contributed by atoms with van der Waals surface area (Å²) in [7, 11) is 0. The molecule has 1 unspecified atom stereocenters. The number of hydrogen-bond acceptors (Lipinski definition) is 3. The lowest BCUT2D eigenvalue weighted by molar-refractivity contribution is 0.182. The molecular formula is C13H13ClFNO2. The Morgan fingerprint density at radius 2 is 2.17 bits per heavy atom. The Morgan fingerprint density at radius 3 is 2.72 bits per heavy atom. The van der Waals surface area contributed by atoms with Gasteiger partial charge in [-0.2, -0.15) is 0 Å². The minimum absolute atomic E-state index is 0.0129. The van der Waals surface area contributed by atoms with Crippen molar-refractivity contribution in [2.75, 3.05) is 6.54 Å². The van der Waals surface area contributed by atoms with Gasteiger partial charge in [0, 0.05) is 12.6 Å². The molecule has 96 valence electrons. The molecule has 0 fully saturated rings. The van der Waals surface area contributed by atoms with Gasteiger partial charge in [0.05, 0.1) is 5.02 Å². The summed E-state index contributed by atoms with van der Waals surface area (Å²) in [5.41, 5.74) is 5.64. The first kappa shape index (κ1) is 12.9. The lowest BCUT2D eigenvalue weighted by atomic mass is 10.2. The van der Waals surface area contributed by atoms with E-state index in [-0.39, 0.29) is 11.6 Å². The molecule has 0 radical (unpaired) electrons. The van der Waals surface area contributed by atoms with E-state index in [0.717, 1.165) is 5.76 Å². The van der Waals surface area contributed by atoms with E-state index in [1.165, 1.54) is 18.2 Å². The Bertz CT molecular complexity index is 542. The molecule has 0 bridgehead atoms. The van der Waals surface area contributed by atoms with Crippen LogP contribution in [0.25, 0.3) is 0 Å². The average molecular weight is 270 g/mol. The van der Waals surface area contributed by atoms with Crippen LogP contribution in [0.5, 0.6) is 5.75 Å². The number of aryl methyl sites for hydroxylation is 1. The molecule has 1 aromatic carbocycles. The largest absolute Gasteiger partial charge is 0.481 e. The van der Waals surface area contributed by atoms with Crippen LogP contribution in [-0.2, 0) is 0 Å². The second-order valence-electron chi connectivity index (χ2n) is 3.87. The number of furan rings is 1. The highest BCUT2D eigenvalue weighted by atomic mass is 35.5. The first-order valence-electron chi connectivity index (χ1n) is 5.48. The highest BCUT2D eigenvalue weighted by Crippen LogP contribution is 2.26. The van der Waals surface area contributed by atoms with Gasteiger partial charge in [-0.05, 0) is 31.2 Å². The predicted molar refractivity (Wildman–Crippen MR) is 67.3 cm³/mol. The molecule has 1 heterocycles. The molecular weight excluding hydrogens is 257 g/mol. The summed E-state index contributed by atoms with van der Waals surface area (Å²) < 4.78 is 24.1. The van der Waals surface area contributed by atoms with Crippen molar-refractivity contribution in [3.8, 4) is 5.75 Å². The highest BCUT2D eigenvalue weighted by molar-refractivity contribution is 6.30. The van der Waals surface area contributed by atoms with E-state index in [4.69, 9.17) is 26.5 Å². The smallest absolute Gasteiger partial charge is 0.168 e. The van der Waals surface area contributed by atoms with Gasteiger partial charge in [-0.25, -0.2) is 4.39 Å². The van der Waals surface area contributed by atoms with Crippen molar-refractivity contribution in [2.45, 2.75) is 13.0 Å². The molecule has 0 amide bonds. The maximum atomic E-state index is 13.0. The van der Waals surface area contributed by atoms with Gasteiger partial charge in [-0.1, -0.05) is 11.6 Å². The molecule has 0 saturated heterocycles. The zero-order chi connectivity index (χ0) is 13.1. The minimum atomic E-state index is -0.484. The maximum Gasteiger partial charge on any atom is 0.168 e. The molecule has 0 saturated carbocycles. The highest BCUT2D eigenvalue weighted by Gasteiger charge is 2.16. The second-order valence-corrected chi connectivity index (χ2v) is 4.27. The molecule has 5 heteroatoms. The first-order chi connectivity index (χ1) is 8.60. The van der Waals surface area contributed by atoms with E-state index in [9.17, 15) is 4.39 Å². The maximum absolute atomic E-state index is 13.0. The summed E-state index contributed by atoms with van der Waals surface area (Å²) in [5, 5.41) is 0.0129. The normalized spacial score (nSPS) is 12.4. The lowest BCUT2D eigenvalue weighted by Crippen LogP contribution is -2.17. The third kappa shape index (κ3) is 2.83. The summed E-state index contributed by atoms with van der Waals surface area (Å²) in [6.45, 7) is 2.09. The van der Waals surface area contributed by atoms with E-state index in [0.29, 0.717) is 11.5 Å². The van der Waals surface area contributed by atoms with E-state index >= 15 is 0 Å². The van der Waals surface area contributed by atoms with Crippen LogP contribution < -0.4 is 10.5 Å². The van der Waals surface area contributed by atoms with Crippen molar-refractivity contribution in [3.63, 3.8) is 0 Å². The van der Waals surface area contributed by atoms with Crippen LogP contribution >= 0.6 is 11.6 Å². The molecule has 18 heavy (non-hydrogen) atoms. The van der Waals surface area contributed by atoms with Crippen molar-refractivity contribution >= 4 is 11.6 Å². The Labute approximate surface area is 109 Å². The summed E-state index contributed by atoms with van der Waals surface area (Å²) >= 11 is 5.68. The molecule has 3 nitrogen and oxygen atoms in total. The first-order valence-corrected chi connectivity index (χ1v) is 5.86. The SMILES string of the molecule is Cc1ccc(C(CN)Oc2ccc(F)c(Cl)c2)o1. The molecule has 2 N–H and O–H groups in total. The molecule has 0 aliphatic heterocycles. The van der Waals surface area contributed by atoms with Crippen LogP contribution in [0.3, 0.4) is 0 Å². The lowest BCUT2D eigenvalue weighted by Gasteiger charge is -2.15. The van der Waals surface area contributed by atoms with Crippen LogP contribution in [0.1, 0.15) is 17.6 Å². The Balaban J connectivity index is 2.17. The fourth-order valence-electron chi connectivity index (χ4n) is 1.56. The zero-order valence-electron chi connectivity index (χ0n) is 9.82. The summed E-state index contributed by atoms with van der Waals surface area (Å²) in [6.07, 6.45) is -0.416. The van der Waals surface area contributed by atoms with Gasteiger partial charge in [0.25, 0.3) is 0 Å². The minimum Gasteiger partial charge on any atom is -0.481 e. The van der Waals surface area contributed by atoms with Crippen LogP contribution in [0.4, 0.5) is 4.39 Å². The number of benzene rings is 1. The zero-order valence-corrected chi connectivity index (χ0v) is 10.6. The number of ether oxygens (including phenoxy) is 1. The molecule has 2 aromatic rings. The summed E-state index contributed by atoms with van der Waals surface area (Å²) in [4.78, 5) is 0. The number of halogens is 2.